The molecule has 0 amide bonds. The molecule has 3 aromatic carbocycles. The lowest BCUT2D eigenvalue weighted by Gasteiger charge is -2.32. The summed E-state index contributed by atoms with van der Waals surface area (Å²) < 4.78 is 127. The number of hydrogen-bond donors (Lipinski definition) is 1. The van der Waals surface area contributed by atoms with E-state index in [0.717, 1.165) is 40.7 Å². The molecule has 6 saturated heterocycles. The van der Waals surface area contributed by atoms with Gasteiger partial charge >= 0.3 is 21.1 Å². The summed E-state index contributed by atoms with van der Waals surface area (Å²) in [5.74, 6) is 0. The van der Waals surface area contributed by atoms with Crippen LogP contribution in [-0.2, 0) is 71.2 Å². The molecule has 418 valence electrons. The molecule has 27 heteroatoms. The van der Waals surface area contributed by atoms with Gasteiger partial charge in [-0.05, 0) is 149 Å². The molecule has 6 heterocycles. The van der Waals surface area contributed by atoms with Gasteiger partial charge < -0.3 is 47.5 Å². The van der Waals surface area contributed by atoms with Crippen LogP contribution < -0.4 is 10.8 Å². The van der Waals surface area contributed by atoms with Crippen LogP contribution in [0, 0.1) is 0 Å². The third-order valence-electron chi connectivity index (χ3n) is 14.1. The van der Waals surface area contributed by atoms with Crippen molar-refractivity contribution >= 4 is 98.2 Å². The summed E-state index contributed by atoms with van der Waals surface area (Å²) in [4.78, 5) is 0.727. The van der Waals surface area contributed by atoms with Crippen LogP contribution in [0.4, 0.5) is 0 Å². The Labute approximate surface area is 468 Å². The van der Waals surface area contributed by atoms with Gasteiger partial charge in [0.1, 0.15) is 0 Å². The standard InChI is InChI=1S/C16H24BNO5S.C12H24B2O4.C10H12BrNO3S.C6H4BrClO2S.C4H9NO/c1-15(2)16(3,4)23-17(22-15)13-5-7-14(8-6-13)24(19,20)18-9-11-21-12-10-18;1-9(2)10(3,4)16-13(15-9)14-17-11(5,6)12(7,8)18-14;11-9-1-3-10(4-2-9)16(13,14)12-5-7-15-8-6-12;7-5-1-3-6(4-2-5)11(8,9)10;1-3-6-4-2-5-1/h5-8H,9-12H2,1-4H3;1-8H3;1-4H,5-8H2;1-4H;5H,1-4H2. The van der Waals surface area contributed by atoms with E-state index >= 15 is 0 Å². The molecule has 0 unspecified atom stereocenters. The molecule has 1 N–H and O–H groups in total. The summed E-state index contributed by atoms with van der Waals surface area (Å²) in [5.41, 5.74) is -1.47. The maximum atomic E-state index is 12.6. The van der Waals surface area contributed by atoms with Gasteiger partial charge in [0.05, 0.1) is 87.9 Å². The average Bonchev–Trinajstić information content (AvgIpc) is 3.82. The first-order valence-corrected chi connectivity index (χ1v) is 31.5. The van der Waals surface area contributed by atoms with E-state index in [9.17, 15) is 25.3 Å². The summed E-state index contributed by atoms with van der Waals surface area (Å²) in [7, 11) is -6.77. The van der Waals surface area contributed by atoms with Gasteiger partial charge in [-0.25, -0.2) is 25.3 Å². The highest BCUT2D eigenvalue weighted by molar-refractivity contribution is 9.10. The third-order valence-corrected chi connectivity index (χ3v) is 20.4. The van der Waals surface area contributed by atoms with Crippen LogP contribution in [-0.4, -0.2) is 168 Å². The molecular weight excluding hydrogens is 1180 g/mol. The molecular formula is C48H73B3Br2ClN3O15S3. The van der Waals surface area contributed by atoms with Crippen molar-refractivity contribution in [1.82, 2.24) is 13.9 Å². The minimum absolute atomic E-state index is 0.113. The first-order chi connectivity index (χ1) is 34.6. The number of nitrogens with one attached hydrogen (secondary N) is 1. The summed E-state index contributed by atoms with van der Waals surface area (Å²) in [6, 6.07) is 19.5. The van der Waals surface area contributed by atoms with Crippen molar-refractivity contribution in [2.75, 3.05) is 78.9 Å². The first-order valence-electron chi connectivity index (χ1n) is 24.7. The summed E-state index contributed by atoms with van der Waals surface area (Å²) >= 11 is 6.45. The van der Waals surface area contributed by atoms with Crippen LogP contribution in [0.2, 0.25) is 0 Å². The zero-order valence-corrected chi connectivity index (χ0v) is 51.4. The van der Waals surface area contributed by atoms with Crippen molar-refractivity contribution < 1.29 is 67.4 Å². The number of benzene rings is 3. The zero-order valence-electron chi connectivity index (χ0n) is 45.0. The summed E-state index contributed by atoms with van der Waals surface area (Å²) in [6.07, 6.45) is 0. The Bertz CT molecular complexity index is 2570. The molecule has 3 aromatic rings. The fourth-order valence-electron chi connectivity index (χ4n) is 7.37. The van der Waals surface area contributed by atoms with E-state index in [1.165, 1.54) is 20.7 Å². The van der Waals surface area contributed by atoms with Crippen LogP contribution >= 0.6 is 42.5 Å². The van der Waals surface area contributed by atoms with Gasteiger partial charge in [0.2, 0.25) is 20.0 Å². The molecule has 6 aliphatic heterocycles. The molecule has 0 aliphatic carbocycles. The fourth-order valence-corrected chi connectivity index (χ4v) is 11.5. The van der Waals surface area contributed by atoms with Gasteiger partial charge in [0.15, 0.2) is 0 Å². The van der Waals surface area contributed by atoms with Gasteiger partial charge in [-0.2, -0.15) is 8.61 Å². The van der Waals surface area contributed by atoms with Crippen LogP contribution in [0.3, 0.4) is 0 Å². The summed E-state index contributed by atoms with van der Waals surface area (Å²) in [6.45, 7) is 31.4. The number of halogens is 3. The molecule has 6 fully saturated rings. The minimum Gasteiger partial charge on any atom is -0.405 e. The minimum atomic E-state index is -3.57. The first kappa shape index (κ1) is 64.3. The van der Waals surface area contributed by atoms with Crippen molar-refractivity contribution in [1.29, 1.82) is 0 Å². The number of rotatable bonds is 7. The molecule has 0 saturated carbocycles. The van der Waals surface area contributed by atoms with E-state index in [1.54, 1.807) is 60.7 Å². The molecule has 6 aliphatic rings. The highest BCUT2D eigenvalue weighted by atomic mass is 79.9. The molecule has 0 atom stereocenters. The smallest absolute Gasteiger partial charge is 0.405 e. The molecule has 0 radical (unpaired) electrons. The zero-order chi connectivity index (χ0) is 55.9. The fraction of sp³-hybridized carbons (Fsp3) is 0.625. The summed E-state index contributed by atoms with van der Waals surface area (Å²) in [5, 5.41) is 3.16. The third kappa shape index (κ3) is 17.0. The van der Waals surface area contributed by atoms with Gasteiger partial charge in [0.25, 0.3) is 9.05 Å². The highest BCUT2D eigenvalue weighted by Crippen LogP contribution is 2.43. The van der Waals surface area contributed by atoms with Gasteiger partial charge in [-0.15, -0.1) is 0 Å². The Morgan fingerprint density at radius 3 is 1.00 bits per heavy atom. The second-order valence-corrected chi connectivity index (χ2v) is 29.4. The molecule has 18 nitrogen and oxygen atoms in total. The molecule has 0 aromatic heterocycles. The monoisotopic (exact) mass is 1250 g/mol. The highest BCUT2D eigenvalue weighted by Gasteiger charge is 2.63. The van der Waals surface area contributed by atoms with Crippen molar-refractivity contribution in [2.45, 2.75) is 131 Å². The Kier molecular flexibility index (Phi) is 22.2. The van der Waals surface area contributed by atoms with Gasteiger partial charge in [0, 0.05) is 58.9 Å². The second-order valence-electron chi connectivity index (χ2n) is 21.1. The van der Waals surface area contributed by atoms with Crippen LogP contribution in [0.5, 0.6) is 0 Å². The average molecular weight is 1260 g/mol. The Morgan fingerprint density at radius 2 is 0.720 bits per heavy atom. The van der Waals surface area contributed by atoms with Crippen molar-refractivity contribution in [3.8, 4) is 0 Å². The predicted molar refractivity (Wildman–Crippen MR) is 298 cm³/mol. The van der Waals surface area contributed by atoms with Gasteiger partial charge in [-0.3, -0.25) is 0 Å². The van der Waals surface area contributed by atoms with E-state index in [2.05, 4.69) is 37.2 Å². The number of hydrogen-bond acceptors (Lipinski definition) is 16. The maximum absolute atomic E-state index is 12.6. The Balaban J connectivity index is 0.000000183. The number of ether oxygens (including phenoxy) is 3. The predicted octanol–water partition coefficient (Wildman–Crippen LogP) is 6.71. The Morgan fingerprint density at radius 1 is 0.440 bits per heavy atom. The molecule has 0 spiro atoms. The van der Waals surface area contributed by atoms with Crippen molar-refractivity contribution in [2.24, 2.45) is 0 Å². The maximum Gasteiger partial charge on any atom is 0.494 e. The van der Waals surface area contributed by atoms with E-state index in [1.807, 2.05) is 83.1 Å². The number of morpholine rings is 3. The van der Waals surface area contributed by atoms with E-state index in [-0.39, 0.29) is 32.2 Å². The van der Waals surface area contributed by atoms with Crippen molar-refractivity contribution in [3.63, 3.8) is 0 Å². The number of nitrogens with zero attached hydrogens (tertiary/aromatic N) is 2. The number of sulfonamides is 2. The van der Waals surface area contributed by atoms with E-state index < -0.39 is 61.4 Å². The molecule has 75 heavy (non-hydrogen) atoms. The van der Waals surface area contributed by atoms with Crippen LogP contribution in [0.1, 0.15) is 83.1 Å². The lowest BCUT2D eigenvalue weighted by atomic mass is 9.49. The SMILES string of the molecule is C1COCCN1.CC1(C)OB(B2OC(C)(C)C(C)(C)O2)OC1(C)C.CC1(C)OB(c2ccc(S(=O)(=O)N3CCOCC3)cc2)OC1(C)C.O=S(=O)(Cl)c1ccc(Br)cc1.O=S(=O)(c1ccc(Br)cc1)N1CCOCC1. The van der Waals surface area contributed by atoms with E-state index in [4.69, 9.17) is 52.8 Å². The molecule has 9 rings (SSSR count). The molecule has 0 bridgehead atoms. The lowest BCUT2D eigenvalue weighted by molar-refractivity contribution is 0.00578. The van der Waals surface area contributed by atoms with Crippen LogP contribution in [0.25, 0.3) is 0 Å². The normalized spacial score (nSPS) is 23.0. The quantitative estimate of drug-likeness (QED) is 0.193. The second kappa shape index (κ2) is 25.9. The van der Waals surface area contributed by atoms with Crippen LogP contribution in [0.15, 0.2) is 96.4 Å². The largest absolute Gasteiger partial charge is 0.494 e. The topological polar surface area (TPSA) is 204 Å². The van der Waals surface area contributed by atoms with Crippen molar-refractivity contribution in [3.05, 3.63) is 81.7 Å². The lowest BCUT2D eigenvalue weighted by Crippen LogP contribution is -2.41. The van der Waals surface area contributed by atoms with Gasteiger partial charge in [-0.1, -0.05) is 44.0 Å². The van der Waals surface area contributed by atoms with E-state index in [0.29, 0.717) is 57.5 Å². The Hall–Kier alpha value is -1.53.